The summed E-state index contributed by atoms with van der Waals surface area (Å²) in [5.41, 5.74) is 2.39. The van der Waals surface area contributed by atoms with Crippen molar-refractivity contribution >= 4 is 34.9 Å². The van der Waals surface area contributed by atoms with E-state index in [-0.39, 0.29) is 5.57 Å². The van der Waals surface area contributed by atoms with Crippen LogP contribution in [0.3, 0.4) is 0 Å². The van der Waals surface area contributed by atoms with Gasteiger partial charge in [0, 0.05) is 22.0 Å². The van der Waals surface area contributed by atoms with Crippen LogP contribution in [0.4, 0.5) is 5.69 Å². The summed E-state index contributed by atoms with van der Waals surface area (Å²) in [5, 5.41) is 22.2. The van der Waals surface area contributed by atoms with Gasteiger partial charge in [0.1, 0.15) is 6.07 Å². The first-order valence-corrected chi connectivity index (χ1v) is 7.91. The van der Waals surface area contributed by atoms with Crippen molar-refractivity contribution in [1.82, 2.24) is 0 Å². The fraction of sp³-hybridized carbons (Fsp3) is 0.111. The number of nitriles is 1. The number of benzene rings is 2. The number of carboxylic acid groups (broad SMARTS) is 1. The number of halogens is 2. The van der Waals surface area contributed by atoms with Crippen molar-refractivity contribution in [3.63, 3.8) is 0 Å². The molecule has 6 heteroatoms. The van der Waals surface area contributed by atoms with Gasteiger partial charge in [-0.3, -0.25) is 0 Å². The molecule has 2 N–H and O–H groups in total. The number of rotatable bonds is 5. The van der Waals surface area contributed by atoms with Crippen LogP contribution in [0.2, 0.25) is 10.0 Å². The molecule has 0 unspecified atom stereocenters. The number of nitrogens with one attached hydrogen (secondary N) is 1. The second-order valence-corrected chi connectivity index (χ2v) is 5.79. The maximum atomic E-state index is 11.1. The zero-order chi connectivity index (χ0) is 17.7. The molecule has 0 bridgehead atoms. The third kappa shape index (κ3) is 4.08. The molecule has 122 valence electrons. The molecule has 0 saturated heterocycles. The van der Waals surface area contributed by atoms with Gasteiger partial charge in [-0.2, -0.15) is 5.26 Å². The van der Waals surface area contributed by atoms with E-state index < -0.39 is 5.97 Å². The van der Waals surface area contributed by atoms with E-state index in [1.54, 1.807) is 37.3 Å². The molecule has 0 aromatic heterocycles. The van der Waals surface area contributed by atoms with E-state index in [1.165, 1.54) is 0 Å². The molecule has 0 aliphatic heterocycles. The van der Waals surface area contributed by atoms with E-state index in [0.717, 1.165) is 11.1 Å². The minimum Gasteiger partial charge on any atom is -0.477 e. The summed E-state index contributed by atoms with van der Waals surface area (Å²) in [6.45, 7) is 1.77. The van der Waals surface area contributed by atoms with E-state index in [2.05, 4.69) is 5.32 Å². The Balaban J connectivity index is 2.34. The van der Waals surface area contributed by atoms with E-state index in [9.17, 15) is 4.79 Å². The Hall–Kier alpha value is -2.48. The van der Waals surface area contributed by atoms with Crippen LogP contribution < -0.4 is 5.32 Å². The third-order valence-corrected chi connectivity index (χ3v) is 3.97. The Morgan fingerprint density at radius 1 is 1.21 bits per heavy atom. The summed E-state index contributed by atoms with van der Waals surface area (Å²) < 4.78 is 0. The molecule has 0 amide bonds. The smallest absolute Gasteiger partial charge is 0.348 e. The molecular weight excluding hydrogens is 347 g/mol. The van der Waals surface area contributed by atoms with Gasteiger partial charge in [0.2, 0.25) is 0 Å². The highest BCUT2D eigenvalue weighted by molar-refractivity contribution is 6.33. The van der Waals surface area contributed by atoms with Crippen molar-refractivity contribution in [1.29, 1.82) is 5.26 Å². The summed E-state index contributed by atoms with van der Waals surface area (Å²) in [7, 11) is 0. The zero-order valence-electron chi connectivity index (χ0n) is 12.8. The summed E-state index contributed by atoms with van der Waals surface area (Å²) in [4.78, 5) is 11.1. The summed E-state index contributed by atoms with van der Waals surface area (Å²) >= 11 is 12.2. The monoisotopic (exact) mass is 360 g/mol. The number of anilines is 1. The molecule has 2 aromatic carbocycles. The van der Waals surface area contributed by atoms with Crippen molar-refractivity contribution in [3.05, 3.63) is 63.8 Å². The first-order chi connectivity index (χ1) is 11.5. The third-order valence-electron chi connectivity index (χ3n) is 3.40. The van der Waals surface area contributed by atoms with Gasteiger partial charge in [0.15, 0.2) is 5.57 Å². The average molecular weight is 361 g/mol. The molecule has 0 aliphatic rings. The number of aliphatic carboxylic acids is 1. The Morgan fingerprint density at radius 3 is 2.38 bits per heavy atom. The minimum atomic E-state index is -1.26. The number of carbonyl (C=O) groups is 1. The highest BCUT2D eigenvalue weighted by Gasteiger charge is 2.13. The lowest BCUT2D eigenvalue weighted by atomic mass is 10.1. The lowest BCUT2D eigenvalue weighted by Crippen LogP contribution is -2.09. The Bertz CT molecular complexity index is 837. The Morgan fingerprint density at radius 2 is 1.88 bits per heavy atom. The van der Waals surface area contributed by atoms with Gasteiger partial charge >= 0.3 is 5.97 Å². The van der Waals surface area contributed by atoms with Crippen LogP contribution in [0.1, 0.15) is 13.3 Å². The molecule has 0 saturated carbocycles. The molecule has 4 nitrogen and oxygen atoms in total. The maximum absolute atomic E-state index is 11.1. The van der Waals surface area contributed by atoms with Crippen LogP contribution in [-0.2, 0) is 4.79 Å². The highest BCUT2D eigenvalue weighted by atomic mass is 35.5. The topological polar surface area (TPSA) is 73.1 Å². The Labute approximate surface area is 149 Å². The van der Waals surface area contributed by atoms with Crippen molar-refractivity contribution in [2.75, 3.05) is 5.32 Å². The fourth-order valence-electron chi connectivity index (χ4n) is 2.20. The second kappa shape index (κ2) is 7.87. The predicted molar refractivity (Wildman–Crippen MR) is 96.1 cm³/mol. The lowest BCUT2D eigenvalue weighted by Gasteiger charge is -2.12. The number of nitrogens with zero attached hydrogens (tertiary/aromatic N) is 1. The molecule has 0 heterocycles. The highest BCUT2D eigenvalue weighted by Crippen LogP contribution is 2.31. The first kappa shape index (κ1) is 17.9. The van der Waals surface area contributed by atoms with Crippen molar-refractivity contribution in [2.24, 2.45) is 0 Å². The van der Waals surface area contributed by atoms with Crippen LogP contribution in [0.5, 0.6) is 0 Å². The molecule has 0 spiro atoms. The quantitative estimate of drug-likeness (QED) is 0.557. The van der Waals surface area contributed by atoms with Crippen LogP contribution in [0.15, 0.2) is 53.7 Å². The van der Waals surface area contributed by atoms with E-state index in [1.807, 2.05) is 18.2 Å². The summed E-state index contributed by atoms with van der Waals surface area (Å²) in [5.74, 6) is -1.26. The van der Waals surface area contributed by atoms with Crippen LogP contribution in [0.25, 0.3) is 11.1 Å². The second-order valence-electron chi connectivity index (χ2n) is 4.95. The molecule has 0 fully saturated rings. The SMILES string of the molecule is CC/C(Nc1ccc(-c2ccc(Cl)cc2)c(Cl)c1)=C(/C#N)C(=O)O. The van der Waals surface area contributed by atoms with Gasteiger partial charge in [0.25, 0.3) is 0 Å². The maximum Gasteiger partial charge on any atom is 0.348 e. The van der Waals surface area contributed by atoms with Crippen LogP contribution >= 0.6 is 23.2 Å². The molecule has 0 atom stereocenters. The predicted octanol–water partition coefficient (Wildman–Crippen LogP) is 5.34. The molecule has 24 heavy (non-hydrogen) atoms. The van der Waals surface area contributed by atoms with E-state index >= 15 is 0 Å². The minimum absolute atomic E-state index is 0.310. The Kier molecular flexibility index (Phi) is 5.86. The lowest BCUT2D eigenvalue weighted by molar-refractivity contribution is -0.132. The largest absolute Gasteiger partial charge is 0.477 e. The van der Waals surface area contributed by atoms with Gasteiger partial charge in [-0.15, -0.1) is 0 Å². The van der Waals surface area contributed by atoms with E-state index in [4.69, 9.17) is 33.6 Å². The van der Waals surface area contributed by atoms with Crippen molar-refractivity contribution in [2.45, 2.75) is 13.3 Å². The van der Waals surface area contributed by atoms with Gasteiger partial charge in [-0.1, -0.05) is 48.3 Å². The summed E-state index contributed by atoms with van der Waals surface area (Å²) in [6.07, 6.45) is 0.381. The number of hydrogen-bond acceptors (Lipinski definition) is 3. The number of hydrogen-bond donors (Lipinski definition) is 2. The molecule has 0 aliphatic carbocycles. The number of allylic oxidation sites excluding steroid dienone is 1. The zero-order valence-corrected chi connectivity index (χ0v) is 14.3. The van der Waals surface area contributed by atoms with Crippen LogP contribution in [0, 0.1) is 11.3 Å². The van der Waals surface area contributed by atoms with Gasteiger partial charge in [0.05, 0.1) is 5.02 Å². The van der Waals surface area contributed by atoms with Gasteiger partial charge in [-0.25, -0.2) is 4.79 Å². The first-order valence-electron chi connectivity index (χ1n) is 7.15. The van der Waals surface area contributed by atoms with Gasteiger partial charge < -0.3 is 10.4 Å². The van der Waals surface area contributed by atoms with Crippen molar-refractivity contribution < 1.29 is 9.90 Å². The van der Waals surface area contributed by atoms with Crippen LogP contribution in [-0.4, -0.2) is 11.1 Å². The molecule has 2 aromatic rings. The molecular formula is C18H14Cl2N2O2. The molecule has 0 radical (unpaired) electrons. The average Bonchev–Trinajstić information content (AvgIpc) is 2.55. The summed E-state index contributed by atoms with van der Waals surface area (Å²) in [6, 6.07) is 14.3. The standard InChI is InChI=1S/C18H14Cl2N2O2/c1-2-17(15(10-21)18(23)24)22-13-7-8-14(16(20)9-13)11-3-5-12(19)6-4-11/h3-9,22H,2H2,1H3,(H,23,24)/b17-15+. The number of carboxylic acids is 1. The fourth-order valence-corrected chi connectivity index (χ4v) is 2.62. The van der Waals surface area contributed by atoms with Gasteiger partial charge in [-0.05, 0) is 36.2 Å². The van der Waals surface area contributed by atoms with E-state index in [0.29, 0.717) is 27.9 Å². The normalized spacial score (nSPS) is 11.4. The van der Waals surface area contributed by atoms with Crippen molar-refractivity contribution in [3.8, 4) is 17.2 Å². The molecule has 2 rings (SSSR count).